The maximum absolute atomic E-state index is 12.4. The van der Waals surface area contributed by atoms with Crippen LogP contribution in [-0.4, -0.2) is 35.4 Å². The van der Waals surface area contributed by atoms with Crippen molar-refractivity contribution in [2.45, 2.75) is 6.92 Å². The molecule has 2 N–H and O–H groups in total. The van der Waals surface area contributed by atoms with Crippen molar-refractivity contribution in [3.63, 3.8) is 0 Å². The average Bonchev–Trinajstić information content (AvgIpc) is 2.62. The Bertz CT molecular complexity index is 941. The van der Waals surface area contributed by atoms with Crippen LogP contribution in [0.25, 0.3) is 10.9 Å². The lowest BCUT2D eigenvalue weighted by Gasteiger charge is -2.07. The molecule has 0 saturated heterocycles. The van der Waals surface area contributed by atoms with Crippen molar-refractivity contribution in [1.29, 1.82) is 0 Å². The van der Waals surface area contributed by atoms with Gasteiger partial charge in [-0.15, -0.1) is 0 Å². The second kappa shape index (κ2) is 7.13. The number of amides is 1. The molecule has 0 radical (unpaired) electrons. The Balaban J connectivity index is 1.72. The van der Waals surface area contributed by atoms with Gasteiger partial charge in [0.25, 0.3) is 5.91 Å². The predicted molar refractivity (Wildman–Crippen MR) is 103 cm³/mol. The number of pyridine rings is 1. The van der Waals surface area contributed by atoms with Crippen molar-refractivity contribution in [2.24, 2.45) is 0 Å². The van der Waals surface area contributed by atoms with E-state index in [4.69, 9.17) is 0 Å². The summed E-state index contributed by atoms with van der Waals surface area (Å²) in [5.41, 5.74) is 3.13. The summed E-state index contributed by atoms with van der Waals surface area (Å²) in [5, 5.41) is 7.14. The first kappa shape index (κ1) is 16.6. The van der Waals surface area contributed by atoms with Crippen LogP contribution in [0.3, 0.4) is 0 Å². The third-order valence-corrected chi connectivity index (χ3v) is 3.99. The number of hydrogen-bond acceptors (Lipinski definition) is 2. The summed E-state index contributed by atoms with van der Waals surface area (Å²) in [5.74, 6) is 0.869. The molecule has 0 aliphatic carbocycles. The number of para-hydroxylation sites is 1. The molecule has 0 fully saturated rings. The number of hydrogen-bond donors (Lipinski definition) is 2. The third kappa shape index (κ3) is 4.01. The quantitative estimate of drug-likeness (QED) is 0.437. The molecule has 1 amide bonds. The molecular weight excluding hydrogens is 312 g/mol. The fourth-order valence-electron chi connectivity index (χ4n) is 2.36. The van der Waals surface area contributed by atoms with Gasteiger partial charge in [0, 0.05) is 24.2 Å². The van der Waals surface area contributed by atoms with E-state index in [2.05, 4.69) is 15.6 Å². The maximum atomic E-state index is 12.4. The first-order chi connectivity index (χ1) is 12.0. The van der Waals surface area contributed by atoms with Gasteiger partial charge in [0.05, 0.1) is 25.2 Å². The number of fused-ring (bicyclic) bond motifs is 1. The normalized spacial score (nSPS) is 10.4. The molecule has 0 spiro atoms. The van der Waals surface area contributed by atoms with E-state index in [0.29, 0.717) is 5.56 Å². The van der Waals surface area contributed by atoms with Gasteiger partial charge in [-0.3, -0.25) is 14.4 Å². The molecule has 25 heavy (non-hydrogen) atoms. The molecule has 0 unspecified atom stereocenters. The van der Waals surface area contributed by atoms with Crippen LogP contribution in [0.4, 0.5) is 11.4 Å². The Morgan fingerprint density at radius 3 is 2.28 bits per heavy atom. The van der Waals surface area contributed by atoms with Crippen LogP contribution >= 0.6 is 0 Å². The largest absolute Gasteiger partial charge is 0.322 e. The van der Waals surface area contributed by atoms with Crippen LogP contribution in [-0.2, 0) is 0 Å². The Morgan fingerprint density at radius 1 is 0.960 bits per heavy atom. The van der Waals surface area contributed by atoms with E-state index in [1.807, 2.05) is 80.2 Å². The highest BCUT2D eigenvalue weighted by Crippen LogP contribution is 2.16. The Morgan fingerprint density at radius 2 is 1.60 bits per heavy atom. The SMILES string of the molecule is CC(Nc1ccc(NC(=O)c2cnc3ccccc3c2)cc1)=[N+](C)C. The van der Waals surface area contributed by atoms with Crippen molar-refractivity contribution >= 4 is 34.0 Å². The highest BCUT2D eigenvalue weighted by atomic mass is 16.1. The fraction of sp³-hybridized carbons (Fsp3) is 0.150. The minimum atomic E-state index is -0.171. The molecule has 3 rings (SSSR count). The van der Waals surface area contributed by atoms with E-state index in [-0.39, 0.29) is 5.91 Å². The number of aromatic nitrogens is 1. The van der Waals surface area contributed by atoms with Gasteiger partial charge in [-0.2, -0.15) is 0 Å². The van der Waals surface area contributed by atoms with Crippen molar-refractivity contribution in [1.82, 2.24) is 4.98 Å². The van der Waals surface area contributed by atoms with E-state index < -0.39 is 0 Å². The number of nitrogens with zero attached hydrogens (tertiary/aromatic N) is 2. The summed E-state index contributed by atoms with van der Waals surface area (Å²) in [4.78, 5) is 16.8. The van der Waals surface area contributed by atoms with Gasteiger partial charge < -0.3 is 5.32 Å². The molecule has 0 saturated carbocycles. The molecule has 0 aliphatic rings. The lowest BCUT2D eigenvalue weighted by molar-refractivity contribution is -0.464. The Hall–Kier alpha value is -3.21. The Kier molecular flexibility index (Phi) is 4.75. The van der Waals surface area contributed by atoms with Crippen molar-refractivity contribution in [2.75, 3.05) is 24.7 Å². The standard InChI is InChI=1S/C20H20N4O/c1-14(24(2)3)22-17-8-10-18(11-9-17)23-20(25)16-12-15-6-4-5-7-19(15)21-13-16/h4-13H,1-3H3,(H,23,25)/p+1. The summed E-state index contributed by atoms with van der Waals surface area (Å²) >= 11 is 0. The van der Waals surface area contributed by atoms with Gasteiger partial charge in [-0.05, 0) is 36.4 Å². The van der Waals surface area contributed by atoms with Crippen LogP contribution in [0.2, 0.25) is 0 Å². The molecule has 5 heteroatoms. The molecule has 3 aromatic rings. The molecule has 0 aliphatic heterocycles. The zero-order valence-corrected chi connectivity index (χ0v) is 14.6. The zero-order valence-electron chi connectivity index (χ0n) is 14.6. The molecule has 126 valence electrons. The third-order valence-electron chi connectivity index (χ3n) is 3.99. The number of carbonyl (C=O) groups is 1. The van der Waals surface area contributed by atoms with Crippen LogP contribution in [0, 0.1) is 0 Å². The Labute approximate surface area is 147 Å². The first-order valence-corrected chi connectivity index (χ1v) is 8.07. The zero-order chi connectivity index (χ0) is 17.8. The summed E-state index contributed by atoms with van der Waals surface area (Å²) in [7, 11) is 3.96. The second-order valence-electron chi connectivity index (χ2n) is 6.05. The van der Waals surface area contributed by atoms with Gasteiger partial charge in [-0.25, -0.2) is 5.32 Å². The molecule has 0 atom stereocenters. The molecule has 1 aromatic heterocycles. The fourth-order valence-corrected chi connectivity index (χ4v) is 2.36. The summed E-state index contributed by atoms with van der Waals surface area (Å²) in [6, 6.07) is 17.2. The molecule has 2 aromatic carbocycles. The molecule has 0 bridgehead atoms. The van der Waals surface area contributed by atoms with Gasteiger partial charge in [0.1, 0.15) is 5.69 Å². The minimum Gasteiger partial charge on any atom is -0.322 e. The van der Waals surface area contributed by atoms with E-state index in [9.17, 15) is 4.79 Å². The van der Waals surface area contributed by atoms with Crippen molar-refractivity contribution in [3.8, 4) is 0 Å². The lowest BCUT2D eigenvalue weighted by atomic mass is 10.1. The van der Waals surface area contributed by atoms with Crippen LogP contribution in [0.15, 0.2) is 60.8 Å². The van der Waals surface area contributed by atoms with Gasteiger partial charge in [0.2, 0.25) is 5.84 Å². The van der Waals surface area contributed by atoms with E-state index >= 15 is 0 Å². The average molecular weight is 333 g/mol. The monoisotopic (exact) mass is 333 g/mol. The molecule has 5 nitrogen and oxygen atoms in total. The first-order valence-electron chi connectivity index (χ1n) is 8.07. The number of amidine groups is 1. The molecule has 1 heterocycles. The van der Waals surface area contributed by atoms with E-state index in [1.165, 1.54) is 0 Å². The maximum Gasteiger partial charge on any atom is 0.257 e. The van der Waals surface area contributed by atoms with Crippen molar-refractivity contribution < 1.29 is 9.37 Å². The van der Waals surface area contributed by atoms with Crippen LogP contribution < -0.4 is 10.6 Å². The highest BCUT2D eigenvalue weighted by molar-refractivity contribution is 6.05. The molecular formula is C20H21N4O+. The summed E-state index contributed by atoms with van der Waals surface area (Å²) in [6.07, 6.45) is 1.60. The van der Waals surface area contributed by atoms with Crippen LogP contribution in [0.1, 0.15) is 17.3 Å². The van der Waals surface area contributed by atoms with E-state index in [1.54, 1.807) is 6.20 Å². The van der Waals surface area contributed by atoms with E-state index in [0.717, 1.165) is 28.1 Å². The van der Waals surface area contributed by atoms with Crippen LogP contribution in [0.5, 0.6) is 0 Å². The van der Waals surface area contributed by atoms with Gasteiger partial charge >= 0.3 is 0 Å². The number of nitrogens with one attached hydrogen (secondary N) is 2. The predicted octanol–water partition coefficient (Wildman–Crippen LogP) is 3.59. The highest BCUT2D eigenvalue weighted by Gasteiger charge is 2.09. The number of benzene rings is 2. The smallest absolute Gasteiger partial charge is 0.257 e. The number of rotatable bonds is 3. The number of anilines is 2. The number of carbonyl (C=O) groups excluding carboxylic acids is 1. The van der Waals surface area contributed by atoms with Gasteiger partial charge in [0.15, 0.2) is 0 Å². The summed E-state index contributed by atoms with van der Waals surface area (Å²) in [6.45, 7) is 2.00. The second-order valence-corrected chi connectivity index (χ2v) is 6.05. The lowest BCUT2D eigenvalue weighted by Crippen LogP contribution is -2.18. The van der Waals surface area contributed by atoms with Gasteiger partial charge in [-0.1, -0.05) is 18.2 Å². The minimum absolute atomic E-state index is 0.171. The topological polar surface area (TPSA) is 57.0 Å². The van der Waals surface area contributed by atoms with Crippen molar-refractivity contribution in [3.05, 3.63) is 66.4 Å². The summed E-state index contributed by atoms with van der Waals surface area (Å²) < 4.78 is 2.00.